The van der Waals surface area contributed by atoms with Crippen molar-refractivity contribution >= 4 is 43.2 Å². The van der Waals surface area contributed by atoms with E-state index in [9.17, 15) is 12.8 Å². The lowest BCUT2D eigenvalue weighted by atomic mass is 10.0. The Balaban J connectivity index is 2.59. The molecule has 0 bridgehead atoms. The monoisotopic (exact) mass is 398 g/mol. The third-order valence-corrected chi connectivity index (χ3v) is 7.33. The summed E-state index contributed by atoms with van der Waals surface area (Å²) in [6, 6.07) is 0.754. The molecular weight excluding hydrogens is 383 g/mol. The number of nitrogens with zero attached hydrogens (tertiary/aromatic N) is 1. The molecule has 21 heavy (non-hydrogen) atoms. The number of piperidine rings is 1. The molecule has 8 heteroatoms. The summed E-state index contributed by atoms with van der Waals surface area (Å²) in [5, 5.41) is 0.0739. The summed E-state index contributed by atoms with van der Waals surface area (Å²) in [5.74, 6) is -0.962. The van der Waals surface area contributed by atoms with Gasteiger partial charge in [-0.1, -0.05) is 18.0 Å². The van der Waals surface area contributed by atoms with Crippen molar-refractivity contribution < 1.29 is 12.8 Å². The summed E-state index contributed by atoms with van der Waals surface area (Å²) < 4.78 is 41.5. The van der Waals surface area contributed by atoms with E-state index >= 15 is 0 Å². The van der Waals surface area contributed by atoms with Crippen LogP contribution in [0.5, 0.6) is 0 Å². The van der Waals surface area contributed by atoms with Crippen molar-refractivity contribution in [3.8, 4) is 0 Å². The second kappa shape index (κ2) is 6.02. The van der Waals surface area contributed by atoms with E-state index in [4.69, 9.17) is 17.3 Å². The Morgan fingerprint density at radius 2 is 1.90 bits per heavy atom. The highest BCUT2D eigenvalue weighted by Gasteiger charge is 2.38. The molecule has 0 saturated carbocycles. The molecule has 0 aliphatic carbocycles. The largest absolute Gasteiger partial charge is 0.395 e. The van der Waals surface area contributed by atoms with Crippen LogP contribution in [0, 0.1) is 5.82 Å². The molecule has 2 N–H and O–H groups in total. The number of sulfonamides is 1. The fourth-order valence-electron chi connectivity index (χ4n) is 2.77. The lowest BCUT2D eigenvalue weighted by Gasteiger charge is -2.37. The van der Waals surface area contributed by atoms with Gasteiger partial charge in [0.05, 0.1) is 15.2 Å². The minimum absolute atomic E-state index is 0.0739. The number of nitrogen functional groups attached to an aromatic ring is 1. The van der Waals surface area contributed by atoms with E-state index in [1.54, 1.807) is 0 Å². The zero-order valence-electron chi connectivity index (χ0n) is 11.7. The average Bonchev–Trinajstić information content (AvgIpc) is 2.40. The number of hydrogen-bond acceptors (Lipinski definition) is 3. The van der Waals surface area contributed by atoms with Gasteiger partial charge in [-0.3, -0.25) is 0 Å². The first-order valence-corrected chi connectivity index (χ1v) is 9.25. The second-order valence-corrected chi connectivity index (χ2v) is 8.37. The number of halogens is 3. The normalized spacial score (nSPS) is 24.2. The van der Waals surface area contributed by atoms with Crippen LogP contribution in [0.2, 0.25) is 5.02 Å². The van der Waals surface area contributed by atoms with Crippen molar-refractivity contribution in [2.24, 2.45) is 0 Å². The maximum absolute atomic E-state index is 14.3. The number of hydrogen-bond donors (Lipinski definition) is 1. The predicted molar refractivity (Wildman–Crippen MR) is 85.3 cm³/mol. The maximum atomic E-state index is 14.3. The molecule has 1 heterocycles. The van der Waals surface area contributed by atoms with Crippen molar-refractivity contribution in [3.05, 3.63) is 21.4 Å². The van der Waals surface area contributed by atoms with Crippen molar-refractivity contribution in [1.29, 1.82) is 0 Å². The Labute approximate surface area is 137 Å². The predicted octanol–water partition coefficient (Wildman–Crippen LogP) is 3.78. The van der Waals surface area contributed by atoms with E-state index in [0.29, 0.717) is 0 Å². The Bertz CT molecular complexity index is 659. The Kier molecular flexibility index (Phi) is 4.87. The lowest BCUT2D eigenvalue weighted by Crippen LogP contribution is -2.47. The van der Waals surface area contributed by atoms with Gasteiger partial charge < -0.3 is 5.73 Å². The van der Waals surface area contributed by atoms with E-state index < -0.39 is 20.7 Å². The lowest BCUT2D eigenvalue weighted by molar-refractivity contribution is 0.203. The Hall–Kier alpha value is -0.370. The topological polar surface area (TPSA) is 63.4 Å². The SMILES string of the molecule is C[C@@H]1CCC[C@H](C)N1S(=O)(=O)c1cc(Cl)c(Br)c(N)c1F. The van der Waals surface area contributed by atoms with Crippen LogP contribution in [0.3, 0.4) is 0 Å². The first kappa shape index (κ1) is 17.0. The minimum Gasteiger partial charge on any atom is -0.395 e. The fourth-order valence-corrected chi connectivity index (χ4v) is 5.33. The molecule has 1 saturated heterocycles. The summed E-state index contributed by atoms with van der Waals surface area (Å²) in [5.41, 5.74) is 5.30. The number of rotatable bonds is 2. The molecule has 0 spiro atoms. The number of anilines is 1. The van der Waals surface area contributed by atoms with Crippen LogP contribution >= 0.6 is 27.5 Å². The van der Waals surface area contributed by atoms with Crippen LogP contribution in [0.25, 0.3) is 0 Å². The molecule has 118 valence electrons. The van der Waals surface area contributed by atoms with Gasteiger partial charge in [-0.05, 0) is 48.7 Å². The summed E-state index contributed by atoms with van der Waals surface area (Å²) >= 11 is 8.98. The number of nitrogens with two attached hydrogens (primary N) is 1. The van der Waals surface area contributed by atoms with Gasteiger partial charge in [0.1, 0.15) is 4.90 Å². The quantitative estimate of drug-likeness (QED) is 0.608. The van der Waals surface area contributed by atoms with Crippen LogP contribution in [-0.2, 0) is 10.0 Å². The van der Waals surface area contributed by atoms with Crippen LogP contribution < -0.4 is 5.73 Å². The highest BCUT2D eigenvalue weighted by Crippen LogP contribution is 2.37. The molecule has 1 fully saturated rings. The van der Waals surface area contributed by atoms with Crippen LogP contribution in [0.1, 0.15) is 33.1 Å². The molecule has 1 aromatic rings. The van der Waals surface area contributed by atoms with E-state index in [2.05, 4.69) is 15.9 Å². The van der Waals surface area contributed by atoms with E-state index in [1.165, 1.54) is 4.31 Å². The van der Waals surface area contributed by atoms with Gasteiger partial charge in [-0.2, -0.15) is 4.31 Å². The zero-order valence-corrected chi connectivity index (χ0v) is 14.9. The zero-order chi connectivity index (χ0) is 15.9. The first-order valence-electron chi connectivity index (χ1n) is 6.64. The van der Waals surface area contributed by atoms with Gasteiger partial charge in [-0.15, -0.1) is 0 Å². The van der Waals surface area contributed by atoms with Crippen LogP contribution in [0.15, 0.2) is 15.4 Å². The van der Waals surface area contributed by atoms with Gasteiger partial charge >= 0.3 is 0 Å². The van der Waals surface area contributed by atoms with Crippen molar-refractivity contribution in [2.45, 2.75) is 50.1 Å². The molecule has 0 aromatic heterocycles. The minimum atomic E-state index is -3.98. The van der Waals surface area contributed by atoms with Gasteiger partial charge in [-0.25, -0.2) is 12.8 Å². The highest BCUT2D eigenvalue weighted by molar-refractivity contribution is 9.10. The molecule has 0 amide bonds. The third kappa shape index (κ3) is 2.93. The van der Waals surface area contributed by atoms with Gasteiger partial charge in [0.2, 0.25) is 10.0 Å². The Morgan fingerprint density at radius 1 is 1.38 bits per heavy atom. The maximum Gasteiger partial charge on any atom is 0.246 e. The molecule has 1 aromatic carbocycles. The molecule has 2 rings (SSSR count). The molecule has 4 nitrogen and oxygen atoms in total. The molecule has 0 radical (unpaired) electrons. The van der Waals surface area contributed by atoms with Crippen molar-refractivity contribution in [1.82, 2.24) is 4.31 Å². The smallest absolute Gasteiger partial charge is 0.246 e. The van der Waals surface area contributed by atoms with E-state index in [0.717, 1.165) is 25.3 Å². The second-order valence-electron chi connectivity index (χ2n) is 5.36. The van der Waals surface area contributed by atoms with Gasteiger partial charge in [0.15, 0.2) is 5.82 Å². The fraction of sp³-hybridized carbons (Fsp3) is 0.538. The van der Waals surface area contributed by atoms with Crippen molar-refractivity contribution in [2.75, 3.05) is 5.73 Å². The first-order chi connectivity index (χ1) is 9.67. The Morgan fingerprint density at radius 3 is 2.43 bits per heavy atom. The molecular formula is C13H17BrClFN2O2S. The molecule has 1 aliphatic heterocycles. The van der Waals surface area contributed by atoms with E-state index in [-0.39, 0.29) is 27.3 Å². The van der Waals surface area contributed by atoms with Gasteiger partial charge in [0.25, 0.3) is 0 Å². The summed E-state index contributed by atoms with van der Waals surface area (Å²) in [6.45, 7) is 3.66. The molecule has 0 unspecified atom stereocenters. The van der Waals surface area contributed by atoms with Crippen LogP contribution in [0.4, 0.5) is 10.1 Å². The summed E-state index contributed by atoms with van der Waals surface area (Å²) in [6.07, 6.45) is 2.47. The average molecular weight is 400 g/mol. The van der Waals surface area contributed by atoms with Crippen molar-refractivity contribution in [3.63, 3.8) is 0 Å². The van der Waals surface area contributed by atoms with E-state index in [1.807, 2.05) is 13.8 Å². The molecule has 1 aliphatic rings. The molecule has 2 atom stereocenters. The van der Waals surface area contributed by atoms with Crippen LogP contribution in [-0.4, -0.2) is 24.8 Å². The third-order valence-electron chi connectivity index (χ3n) is 3.82. The highest BCUT2D eigenvalue weighted by atomic mass is 79.9. The number of benzene rings is 1. The summed E-state index contributed by atoms with van der Waals surface area (Å²) in [7, 11) is -3.98. The standard InChI is InChI=1S/C13H17BrClFN2O2S/c1-7-4-3-5-8(2)18(7)21(19,20)10-6-9(15)11(14)13(17)12(10)16/h6-8H,3-5,17H2,1-2H3/t7-,8+. The van der Waals surface area contributed by atoms with Gasteiger partial charge in [0, 0.05) is 12.1 Å². The summed E-state index contributed by atoms with van der Waals surface area (Å²) in [4.78, 5) is -0.464.